The molecule has 0 spiro atoms. The number of rotatable bonds is 8. The summed E-state index contributed by atoms with van der Waals surface area (Å²) in [6.45, 7) is 1.92. The van der Waals surface area contributed by atoms with Crippen LogP contribution >= 0.6 is 0 Å². The van der Waals surface area contributed by atoms with Gasteiger partial charge in [0.2, 0.25) is 10.0 Å². The molecule has 0 aliphatic carbocycles. The Morgan fingerprint density at radius 3 is 2.26 bits per heavy atom. The van der Waals surface area contributed by atoms with Crippen molar-refractivity contribution in [1.29, 1.82) is 0 Å². The van der Waals surface area contributed by atoms with Gasteiger partial charge in [0.1, 0.15) is 11.5 Å². The zero-order valence-corrected chi connectivity index (χ0v) is 19.2. The van der Waals surface area contributed by atoms with Crippen molar-refractivity contribution in [2.75, 3.05) is 42.9 Å². The van der Waals surface area contributed by atoms with E-state index in [1.165, 1.54) is 22.5 Å². The summed E-state index contributed by atoms with van der Waals surface area (Å²) in [5.74, 6) is -0.491. The van der Waals surface area contributed by atoms with E-state index < -0.39 is 20.8 Å². The molecule has 0 amide bonds. The van der Waals surface area contributed by atoms with Crippen LogP contribution in [0.4, 0.5) is 21.5 Å². The molecule has 0 aromatic heterocycles. The van der Waals surface area contributed by atoms with Crippen molar-refractivity contribution >= 4 is 27.1 Å². The van der Waals surface area contributed by atoms with Crippen molar-refractivity contribution in [3.63, 3.8) is 0 Å². The number of nitro groups is 1. The van der Waals surface area contributed by atoms with Gasteiger partial charge in [-0.25, -0.2) is 12.8 Å². The van der Waals surface area contributed by atoms with Crippen LogP contribution in [0.1, 0.15) is 5.56 Å². The standard InChI is InChI=1S/C24H25FN4O4S/c25-20-6-9-22(10-7-20)34(32,33)28-16-14-27(15-17-28)21-8-11-24(29(30)31)23(18-21)26-13-12-19-4-2-1-3-5-19/h1-11,18,26H,12-17H2. The molecule has 4 rings (SSSR count). The average Bonchev–Trinajstić information content (AvgIpc) is 2.85. The highest BCUT2D eigenvalue weighted by atomic mass is 32.2. The minimum absolute atomic E-state index is 0.00525. The molecule has 0 saturated carbocycles. The van der Waals surface area contributed by atoms with Crippen molar-refractivity contribution in [3.8, 4) is 0 Å². The molecule has 0 unspecified atom stereocenters. The van der Waals surface area contributed by atoms with E-state index in [1.807, 2.05) is 35.2 Å². The Bertz CT molecular complexity index is 1250. The minimum Gasteiger partial charge on any atom is -0.379 e. The second-order valence-electron chi connectivity index (χ2n) is 7.97. The van der Waals surface area contributed by atoms with Gasteiger partial charge in [0, 0.05) is 44.5 Å². The summed E-state index contributed by atoms with van der Waals surface area (Å²) in [6.07, 6.45) is 0.724. The Kier molecular flexibility index (Phi) is 7.09. The van der Waals surface area contributed by atoms with Gasteiger partial charge >= 0.3 is 0 Å². The summed E-state index contributed by atoms with van der Waals surface area (Å²) < 4.78 is 40.2. The average molecular weight is 485 g/mol. The molecule has 1 N–H and O–H groups in total. The number of benzene rings is 3. The van der Waals surface area contributed by atoms with E-state index in [0.29, 0.717) is 25.3 Å². The number of nitrogens with zero attached hydrogens (tertiary/aromatic N) is 3. The van der Waals surface area contributed by atoms with Gasteiger partial charge in [-0.2, -0.15) is 4.31 Å². The maximum Gasteiger partial charge on any atom is 0.292 e. The van der Waals surface area contributed by atoms with Gasteiger partial charge in [-0.15, -0.1) is 0 Å². The lowest BCUT2D eigenvalue weighted by Gasteiger charge is -2.35. The van der Waals surface area contributed by atoms with E-state index in [2.05, 4.69) is 5.32 Å². The summed E-state index contributed by atoms with van der Waals surface area (Å²) in [7, 11) is -3.71. The Hall–Kier alpha value is -3.50. The predicted molar refractivity (Wildman–Crippen MR) is 129 cm³/mol. The Labute approximate surface area is 197 Å². The molecule has 1 aliphatic rings. The van der Waals surface area contributed by atoms with Gasteiger partial charge in [0.15, 0.2) is 0 Å². The van der Waals surface area contributed by atoms with Gasteiger partial charge in [-0.3, -0.25) is 10.1 Å². The molecular formula is C24H25FN4O4S. The highest BCUT2D eigenvalue weighted by Gasteiger charge is 2.29. The maximum atomic E-state index is 13.2. The van der Waals surface area contributed by atoms with Crippen molar-refractivity contribution < 1.29 is 17.7 Å². The quantitative estimate of drug-likeness (QED) is 0.385. The Morgan fingerprint density at radius 2 is 1.62 bits per heavy atom. The second kappa shape index (κ2) is 10.2. The third-order valence-electron chi connectivity index (χ3n) is 5.80. The smallest absolute Gasteiger partial charge is 0.292 e. The van der Waals surface area contributed by atoms with Crippen LogP contribution in [0, 0.1) is 15.9 Å². The molecule has 3 aromatic rings. The number of sulfonamides is 1. The number of halogens is 1. The molecule has 1 heterocycles. The number of nitrogens with one attached hydrogen (secondary N) is 1. The third-order valence-corrected chi connectivity index (χ3v) is 7.72. The number of hydrogen-bond acceptors (Lipinski definition) is 6. The van der Waals surface area contributed by atoms with E-state index in [4.69, 9.17) is 0 Å². The molecule has 178 valence electrons. The van der Waals surface area contributed by atoms with Gasteiger partial charge < -0.3 is 10.2 Å². The number of piperazine rings is 1. The molecular weight excluding hydrogens is 459 g/mol. The van der Waals surface area contributed by atoms with Crippen LogP contribution in [0.25, 0.3) is 0 Å². The lowest BCUT2D eigenvalue weighted by Crippen LogP contribution is -2.48. The van der Waals surface area contributed by atoms with Crippen molar-refractivity contribution in [3.05, 3.63) is 94.3 Å². The van der Waals surface area contributed by atoms with Crippen molar-refractivity contribution in [2.24, 2.45) is 0 Å². The van der Waals surface area contributed by atoms with Crippen LogP contribution in [0.5, 0.6) is 0 Å². The van der Waals surface area contributed by atoms with Crippen LogP contribution in [0.3, 0.4) is 0 Å². The Morgan fingerprint density at radius 1 is 0.941 bits per heavy atom. The molecule has 0 atom stereocenters. The molecule has 0 bridgehead atoms. The Balaban J connectivity index is 1.43. The van der Waals surface area contributed by atoms with E-state index in [0.717, 1.165) is 29.8 Å². The summed E-state index contributed by atoms with van der Waals surface area (Å²) in [5.41, 5.74) is 2.34. The lowest BCUT2D eigenvalue weighted by atomic mass is 10.1. The van der Waals surface area contributed by atoms with Crippen LogP contribution in [-0.2, 0) is 16.4 Å². The number of hydrogen-bond donors (Lipinski definition) is 1. The second-order valence-corrected chi connectivity index (χ2v) is 9.90. The summed E-state index contributed by atoms with van der Waals surface area (Å²) in [6, 6.07) is 19.6. The fraction of sp³-hybridized carbons (Fsp3) is 0.250. The van der Waals surface area contributed by atoms with Crippen LogP contribution in [0.15, 0.2) is 77.7 Å². The number of anilines is 2. The van der Waals surface area contributed by atoms with Crippen LogP contribution in [-0.4, -0.2) is 50.4 Å². The SMILES string of the molecule is O=[N+]([O-])c1ccc(N2CCN(S(=O)(=O)c3ccc(F)cc3)CC2)cc1NCCc1ccccc1. The summed E-state index contributed by atoms with van der Waals surface area (Å²) in [4.78, 5) is 13.2. The molecule has 8 nitrogen and oxygen atoms in total. The first-order valence-electron chi connectivity index (χ1n) is 10.9. The molecule has 1 saturated heterocycles. The van der Waals surface area contributed by atoms with E-state index >= 15 is 0 Å². The fourth-order valence-electron chi connectivity index (χ4n) is 3.95. The normalized spacial score (nSPS) is 14.7. The monoisotopic (exact) mass is 484 g/mol. The van der Waals surface area contributed by atoms with E-state index in [9.17, 15) is 22.9 Å². The predicted octanol–water partition coefficient (Wildman–Crippen LogP) is 3.90. The number of nitro benzene ring substituents is 1. The minimum atomic E-state index is -3.71. The van der Waals surface area contributed by atoms with Gasteiger partial charge in [-0.05, 0) is 48.4 Å². The lowest BCUT2D eigenvalue weighted by molar-refractivity contribution is -0.383. The van der Waals surface area contributed by atoms with Gasteiger partial charge in [0.25, 0.3) is 5.69 Å². The fourth-order valence-corrected chi connectivity index (χ4v) is 5.37. The summed E-state index contributed by atoms with van der Waals surface area (Å²) in [5, 5.41) is 14.7. The molecule has 34 heavy (non-hydrogen) atoms. The first-order chi connectivity index (χ1) is 16.3. The van der Waals surface area contributed by atoms with Crippen LogP contribution in [0.2, 0.25) is 0 Å². The van der Waals surface area contributed by atoms with Crippen LogP contribution < -0.4 is 10.2 Å². The first kappa shape index (κ1) is 23.7. The van der Waals surface area contributed by atoms with Gasteiger partial charge in [0.05, 0.1) is 9.82 Å². The summed E-state index contributed by atoms with van der Waals surface area (Å²) >= 11 is 0. The van der Waals surface area contributed by atoms with E-state index in [1.54, 1.807) is 12.1 Å². The van der Waals surface area contributed by atoms with Crippen molar-refractivity contribution in [1.82, 2.24) is 4.31 Å². The maximum absolute atomic E-state index is 13.2. The highest BCUT2D eigenvalue weighted by molar-refractivity contribution is 7.89. The van der Waals surface area contributed by atoms with Crippen molar-refractivity contribution in [2.45, 2.75) is 11.3 Å². The van der Waals surface area contributed by atoms with E-state index in [-0.39, 0.29) is 23.7 Å². The highest BCUT2D eigenvalue weighted by Crippen LogP contribution is 2.30. The molecule has 3 aromatic carbocycles. The van der Waals surface area contributed by atoms with Gasteiger partial charge in [-0.1, -0.05) is 30.3 Å². The zero-order chi connectivity index (χ0) is 24.1. The molecule has 1 aliphatic heterocycles. The molecule has 10 heteroatoms. The molecule has 0 radical (unpaired) electrons. The first-order valence-corrected chi connectivity index (χ1v) is 12.4. The topological polar surface area (TPSA) is 95.8 Å². The third kappa shape index (κ3) is 5.35. The zero-order valence-electron chi connectivity index (χ0n) is 18.4. The molecule has 1 fully saturated rings. The largest absolute Gasteiger partial charge is 0.379 e.